The first-order valence-electron chi connectivity index (χ1n) is 23.3. The molecular weight excluding hydrogens is 894 g/mol. The van der Waals surface area contributed by atoms with E-state index in [1.54, 1.807) is 30.5 Å². The van der Waals surface area contributed by atoms with Crippen LogP contribution in [0.15, 0.2) is 84.0 Å². The molecule has 2 aliphatic heterocycles. The summed E-state index contributed by atoms with van der Waals surface area (Å²) in [4.78, 5) is 52.1. The minimum Gasteiger partial charge on any atom is -0.455 e. The number of fused-ring (bicyclic) bond motifs is 2. The van der Waals surface area contributed by atoms with Crippen LogP contribution in [0.2, 0.25) is 5.02 Å². The standard InChI is InChI=1S/C49H58ClN9O7S/c1-31(2)45(51)48(61)58-18-15-49(16-19-58)27-32(28-49)29-53-41-13-11-36(26-43(41)59(62)63)67(64,65)55-47(60)39-12-10-34(25-44(39)66-35-24-33-14-17-52-46(33)54-30-35)56-20-22-57(23-21-56)42-9-4-3-6-37-38(42)7-5-8-40(37)50/h5,7-8,10-14,17,24-26,30-32,42,45,53H,3-4,6,9,15-16,18-23,27-29,51H2,1-2H3,(H,52,54)(H,55,60)/t42-,45+/m1/s1. The summed E-state index contributed by atoms with van der Waals surface area (Å²) >= 11 is 6.66. The molecule has 67 heavy (non-hydrogen) atoms. The molecule has 0 unspecified atom stereocenters. The van der Waals surface area contributed by atoms with E-state index in [2.05, 4.69) is 35.9 Å². The number of nitrogens with one attached hydrogen (secondary N) is 3. The van der Waals surface area contributed by atoms with Crippen molar-refractivity contribution in [3.8, 4) is 11.5 Å². The lowest BCUT2D eigenvalue weighted by atomic mass is 9.57. The summed E-state index contributed by atoms with van der Waals surface area (Å²) in [5, 5.41) is 17.1. The number of H-pyrrole nitrogens is 1. The van der Waals surface area contributed by atoms with Crippen LogP contribution < -0.4 is 25.4 Å². The molecule has 3 fully saturated rings. The van der Waals surface area contributed by atoms with E-state index in [-0.39, 0.29) is 46.2 Å². The van der Waals surface area contributed by atoms with E-state index in [0.717, 1.165) is 86.6 Å². The lowest BCUT2D eigenvalue weighted by Gasteiger charge is -2.52. The normalized spacial score (nSPS) is 19.4. The molecule has 0 radical (unpaired) electrons. The van der Waals surface area contributed by atoms with Gasteiger partial charge in [-0.15, -0.1) is 0 Å². The fraction of sp³-hybridized carbons (Fsp3) is 0.449. The Labute approximate surface area is 395 Å². The maximum absolute atomic E-state index is 14.0. The highest BCUT2D eigenvalue weighted by molar-refractivity contribution is 7.90. The van der Waals surface area contributed by atoms with Crippen molar-refractivity contribution >= 4 is 61.5 Å². The number of aromatic amines is 1. The number of likely N-dealkylation sites (tertiary alicyclic amines) is 1. The highest BCUT2D eigenvalue weighted by Gasteiger charge is 2.46. The van der Waals surface area contributed by atoms with Crippen LogP contribution >= 0.6 is 11.6 Å². The van der Waals surface area contributed by atoms with Gasteiger partial charge in [0.05, 0.1) is 27.6 Å². The maximum Gasteiger partial charge on any atom is 0.293 e. The van der Waals surface area contributed by atoms with Gasteiger partial charge in [-0.1, -0.05) is 44.0 Å². The number of aromatic nitrogens is 2. The second-order valence-corrected chi connectivity index (χ2v) is 21.2. The number of hydrogen-bond donors (Lipinski definition) is 4. The Bertz CT molecular complexity index is 2780. The van der Waals surface area contributed by atoms with Gasteiger partial charge in [-0.2, -0.15) is 0 Å². The topological polar surface area (TPSA) is 209 Å². The Kier molecular flexibility index (Phi) is 13.2. The van der Waals surface area contributed by atoms with E-state index in [1.165, 1.54) is 29.5 Å². The molecule has 1 spiro atoms. The largest absolute Gasteiger partial charge is 0.455 e. The number of carbonyl (C=O) groups excluding carboxylic acids is 2. The van der Waals surface area contributed by atoms with E-state index in [0.29, 0.717) is 44.1 Å². The van der Waals surface area contributed by atoms with Gasteiger partial charge in [0.25, 0.3) is 21.6 Å². The van der Waals surface area contributed by atoms with Gasteiger partial charge in [0, 0.05) is 86.3 Å². The minimum absolute atomic E-state index is 0.00384. The van der Waals surface area contributed by atoms with Crippen molar-refractivity contribution in [1.29, 1.82) is 0 Å². The van der Waals surface area contributed by atoms with Gasteiger partial charge in [0.1, 0.15) is 22.8 Å². The molecule has 2 aliphatic carbocycles. The van der Waals surface area contributed by atoms with E-state index >= 15 is 0 Å². The Hall–Kier alpha value is -5.75. The molecule has 2 saturated heterocycles. The third-order valence-electron chi connectivity index (χ3n) is 14.5. The van der Waals surface area contributed by atoms with Crippen LogP contribution in [0, 0.1) is 27.4 Å². The number of benzene rings is 3. The lowest BCUT2D eigenvalue weighted by Crippen LogP contribution is -2.54. The number of rotatable bonds is 13. The van der Waals surface area contributed by atoms with Gasteiger partial charge < -0.3 is 30.6 Å². The zero-order chi connectivity index (χ0) is 47.0. The number of anilines is 2. The number of amides is 2. The van der Waals surface area contributed by atoms with Crippen LogP contribution in [0.1, 0.15) is 86.3 Å². The summed E-state index contributed by atoms with van der Waals surface area (Å²) in [5.41, 5.74) is 9.98. The number of piperazine rings is 1. The molecule has 3 aromatic carbocycles. The van der Waals surface area contributed by atoms with Crippen LogP contribution in [0.3, 0.4) is 0 Å². The molecule has 2 aromatic heterocycles. The maximum atomic E-state index is 14.0. The van der Waals surface area contributed by atoms with E-state index in [4.69, 9.17) is 22.1 Å². The Morgan fingerprint density at radius 3 is 2.54 bits per heavy atom. The minimum atomic E-state index is -4.59. The number of pyridine rings is 1. The van der Waals surface area contributed by atoms with Gasteiger partial charge >= 0.3 is 0 Å². The first kappa shape index (κ1) is 46.4. The van der Waals surface area contributed by atoms with Crippen LogP contribution in [0.25, 0.3) is 11.0 Å². The number of hydrogen-bond acceptors (Lipinski definition) is 12. The average Bonchev–Trinajstić information content (AvgIpc) is 3.67. The quantitative estimate of drug-likeness (QED) is 0.0502. The molecule has 2 atom stereocenters. The SMILES string of the molecule is CC(C)[C@H](N)C(=O)N1CCC2(CC1)CC(CNc1ccc(S(=O)(=O)NC(=O)c3ccc(N4CCN([C@@H]5CCCCc6c(Cl)cccc65)CC4)cc3Oc3cnc4[nH]ccc4c3)cc1[N+](=O)[O-])C2. The lowest BCUT2D eigenvalue weighted by molar-refractivity contribution is -0.384. The molecule has 18 heteroatoms. The number of piperidine rings is 1. The van der Waals surface area contributed by atoms with Crippen molar-refractivity contribution in [2.75, 3.05) is 56.0 Å². The second kappa shape index (κ2) is 19.1. The Morgan fingerprint density at radius 2 is 1.79 bits per heavy atom. The average molecular weight is 953 g/mol. The van der Waals surface area contributed by atoms with Gasteiger partial charge in [-0.3, -0.25) is 24.6 Å². The van der Waals surface area contributed by atoms with E-state index < -0.39 is 37.5 Å². The first-order valence-corrected chi connectivity index (χ1v) is 25.2. The molecule has 354 valence electrons. The monoisotopic (exact) mass is 951 g/mol. The smallest absolute Gasteiger partial charge is 0.293 e. The molecule has 0 bridgehead atoms. The van der Waals surface area contributed by atoms with Gasteiger partial charge in [0.15, 0.2) is 0 Å². The van der Waals surface area contributed by atoms with Crippen LogP contribution in [-0.2, 0) is 21.2 Å². The molecule has 5 aromatic rings. The Balaban J connectivity index is 0.873. The molecule has 4 heterocycles. The van der Waals surface area contributed by atoms with E-state index in [1.807, 2.05) is 36.9 Å². The van der Waals surface area contributed by atoms with Crippen LogP contribution in [-0.4, -0.2) is 96.8 Å². The first-order chi connectivity index (χ1) is 32.2. The predicted octanol–water partition coefficient (Wildman–Crippen LogP) is 8.04. The van der Waals surface area contributed by atoms with Gasteiger partial charge in [-0.05, 0) is 116 Å². The van der Waals surface area contributed by atoms with Crippen LogP contribution in [0.5, 0.6) is 11.5 Å². The number of sulfonamides is 1. The zero-order valence-corrected chi connectivity index (χ0v) is 39.5. The molecular formula is C49H58ClN9O7S. The molecule has 2 amide bonds. The molecule has 9 rings (SSSR count). The van der Waals surface area contributed by atoms with Crippen molar-refractivity contribution < 1.29 is 27.7 Å². The third-order valence-corrected chi connectivity index (χ3v) is 16.2. The fourth-order valence-corrected chi connectivity index (χ4v) is 11.8. The third kappa shape index (κ3) is 9.82. The van der Waals surface area contributed by atoms with Crippen LogP contribution in [0.4, 0.5) is 17.1 Å². The number of nitro groups is 1. The summed E-state index contributed by atoms with van der Waals surface area (Å²) in [7, 11) is -4.59. The highest BCUT2D eigenvalue weighted by atomic mass is 35.5. The molecule has 1 saturated carbocycles. The molecule has 16 nitrogen and oxygen atoms in total. The summed E-state index contributed by atoms with van der Waals surface area (Å²) in [6, 6.07) is 18.3. The number of halogens is 1. The molecule has 5 N–H and O–H groups in total. The van der Waals surface area contributed by atoms with Crippen molar-refractivity contribution in [2.45, 2.75) is 82.2 Å². The number of nitro benzene ring substituents is 1. The second-order valence-electron chi connectivity index (χ2n) is 19.1. The van der Waals surface area contributed by atoms with Crippen molar-refractivity contribution in [2.24, 2.45) is 23.0 Å². The number of ether oxygens (including phenoxy) is 1. The molecule has 4 aliphatic rings. The summed E-state index contributed by atoms with van der Waals surface area (Å²) in [6.07, 6.45) is 11.2. The van der Waals surface area contributed by atoms with E-state index in [9.17, 15) is 28.1 Å². The number of nitrogens with two attached hydrogens (primary N) is 1. The number of carbonyl (C=O) groups is 2. The zero-order valence-electron chi connectivity index (χ0n) is 37.9. The van der Waals surface area contributed by atoms with Gasteiger partial charge in [-0.25, -0.2) is 18.1 Å². The summed E-state index contributed by atoms with van der Waals surface area (Å²) in [5.74, 6) is -0.168. The predicted molar refractivity (Wildman–Crippen MR) is 258 cm³/mol. The van der Waals surface area contributed by atoms with Crippen molar-refractivity contribution in [3.05, 3.63) is 111 Å². The summed E-state index contributed by atoms with van der Waals surface area (Å²) in [6.45, 7) is 8.74. The van der Waals surface area contributed by atoms with Crippen molar-refractivity contribution in [1.82, 2.24) is 24.5 Å². The van der Waals surface area contributed by atoms with Gasteiger partial charge in [0.2, 0.25) is 5.91 Å². The highest BCUT2D eigenvalue weighted by Crippen LogP contribution is 2.53. The van der Waals surface area contributed by atoms with Crippen molar-refractivity contribution in [3.63, 3.8) is 0 Å². The number of nitrogens with zero attached hydrogens (tertiary/aromatic N) is 5. The fourth-order valence-electron chi connectivity index (χ4n) is 10.6. The summed E-state index contributed by atoms with van der Waals surface area (Å²) < 4.78 is 36.1. The Morgan fingerprint density at radius 1 is 1.01 bits per heavy atom.